The Kier molecular flexibility index (Phi) is 4.18. The molecule has 2 rings (SSSR count). The molecule has 2 atom stereocenters. The molecule has 96 valence electrons. The first-order valence-corrected chi connectivity index (χ1v) is 6.65. The minimum atomic E-state index is 0.545. The molecule has 0 spiro atoms. The van der Waals surface area contributed by atoms with Crippen LogP contribution >= 0.6 is 0 Å². The van der Waals surface area contributed by atoms with Crippen molar-refractivity contribution >= 4 is 0 Å². The molecule has 1 aromatic rings. The van der Waals surface area contributed by atoms with Crippen LogP contribution in [-0.4, -0.2) is 33.8 Å². The summed E-state index contributed by atoms with van der Waals surface area (Å²) in [6.45, 7) is 5.21. The third-order valence-corrected chi connectivity index (χ3v) is 4.08. The predicted molar refractivity (Wildman–Crippen MR) is 69.5 cm³/mol. The Morgan fingerprint density at radius 2 is 2.35 bits per heavy atom. The van der Waals surface area contributed by atoms with E-state index in [1.165, 1.54) is 31.5 Å². The number of likely N-dealkylation sites (tertiary alicyclic amines) is 1. The van der Waals surface area contributed by atoms with Crippen molar-refractivity contribution in [3.63, 3.8) is 0 Å². The third-order valence-electron chi connectivity index (χ3n) is 4.08. The lowest BCUT2D eigenvalue weighted by Crippen LogP contribution is -2.46. The molecular weight excluding hydrogens is 212 g/mol. The van der Waals surface area contributed by atoms with Crippen LogP contribution in [0.4, 0.5) is 0 Å². The summed E-state index contributed by atoms with van der Waals surface area (Å²) in [4.78, 5) is 2.52. The van der Waals surface area contributed by atoms with E-state index in [1.54, 1.807) is 0 Å². The van der Waals surface area contributed by atoms with E-state index in [4.69, 9.17) is 5.73 Å². The van der Waals surface area contributed by atoms with Crippen molar-refractivity contribution in [1.29, 1.82) is 0 Å². The molecule has 1 saturated heterocycles. The van der Waals surface area contributed by atoms with Gasteiger partial charge in [-0.05, 0) is 31.4 Å². The fraction of sp³-hybridized carbons (Fsp3) is 0.769. The van der Waals surface area contributed by atoms with Crippen LogP contribution in [0.2, 0.25) is 0 Å². The SMILES string of the molecule is CCC1CCN(Cc2ccnn2C)C(CN)C1. The van der Waals surface area contributed by atoms with Crippen molar-refractivity contribution in [2.75, 3.05) is 13.1 Å². The summed E-state index contributed by atoms with van der Waals surface area (Å²) in [6.07, 6.45) is 5.72. The monoisotopic (exact) mass is 236 g/mol. The molecule has 1 aromatic heterocycles. The standard InChI is InChI=1S/C13H24N4/c1-3-11-5-7-17(13(8-11)9-14)10-12-4-6-15-16(12)2/h4,6,11,13H,3,5,7-10,14H2,1-2H3. The van der Waals surface area contributed by atoms with Crippen LogP contribution in [0.1, 0.15) is 31.9 Å². The van der Waals surface area contributed by atoms with E-state index in [-0.39, 0.29) is 0 Å². The van der Waals surface area contributed by atoms with Crippen LogP contribution in [0, 0.1) is 5.92 Å². The van der Waals surface area contributed by atoms with E-state index < -0.39 is 0 Å². The summed E-state index contributed by atoms with van der Waals surface area (Å²) >= 11 is 0. The molecule has 4 heteroatoms. The summed E-state index contributed by atoms with van der Waals surface area (Å²) in [5.41, 5.74) is 7.19. The molecule has 1 fully saturated rings. The van der Waals surface area contributed by atoms with Crippen LogP contribution in [0.15, 0.2) is 12.3 Å². The average molecular weight is 236 g/mol. The second-order valence-electron chi connectivity index (χ2n) is 5.10. The Labute approximate surface area is 104 Å². The maximum Gasteiger partial charge on any atom is 0.0521 e. The number of hydrogen-bond acceptors (Lipinski definition) is 3. The number of piperidine rings is 1. The van der Waals surface area contributed by atoms with E-state index in [0.29, 0.717) is 6.04 Å². The minimum Gasteiger partial charge on any atom is -0.329 e. The van der Waals surface area contributed by atoms with E-state index in [0.717, 1.165) is 19.0 Å². The van der Waals surface area contributed by atoms with Gasteiger partial charge in [-0.2, -0.15) is 5.10 Å². The van der Waals surface area contributed by atoms with Gasteiger partial charge in [-0.25, -0.2) is 0 Å². The van der Waals surface area contributed by atoms with E-state index in [9.17, 15) is 0 Å². The fourth-order valence-electron chi connectivity index (χ4n) is 2.77. The number of hydrogen-bond donors (Lipinski definition) is 1. The largest absolute Gasteiger partial charge is 0.329 e. The number of aryl methyl sites for hydroxylation is 1. The van der Waals surface area contributed by atoms with Crippen LogP contribution in [-0.2, 0) is 13.6 Å². The van der Waals surface area contributed by atoms with Gasteiger partial charge in [-0.3, -0.25) is 9.58 Å². The molecular formula is C13H24N4. The Hall–Kier alpha value is -0.870. The number of aromatic nitrogens is 2. The van der Waals surface area contributed by atoms with Crippen molar-refractivity contribution in [2.45, 2.75) is 38.8 Å². The third kappa shape index (κ3) is 2.87. The molecule has 17 heavy (non-hydrogen) atoms. The van der Waals surface area contributed by atoms with Gasteiger partial charge in [0.1, 0.15) is 0 Å². The minimum absolute atomic E-state index is 0.545. The zero-order valence-corrected chi connectivity index (χ0v) is 11.0. The molecule has 0 saturated carbocycles. The van der Waals surface area contributed by atoms with E-state index in [2.05, 4.69) is 23.0 Å². The lowest BCUT2D eigenvalue weighted by Gasteiger charge is -2.38. The summed E-state index contributed by atoms with van der Waals surface area (Å²) in [7, 11) is 2.01. The highest BCUT2D eigenvalue weighted by molar-refractivity contribution is 5.01. The van der Waals surface area contributed by atoms with E-state index in [1.807, 2.05) is 17.9 Å². The first kappa shape index (κ1) is 12.6. The van der Waals surface area contributed by atoms with Crippen molar-refractivity contribution in [3.05, 3.63) is 18.0 Å². The fourth-order valence-corrected chi connectivity index (χ4v) is 2.77. The molecule has 4 nitrogen and oxygen atoms in total. The summed E-state index contributed by atoms with van der Waals surface area (Å²) in [5.74, 6) is 0.867. The summed E-state index contributed by atoms with van der Waals surface area (Å²) < 4.78 is 1.96. The quantitative estimate of drug-likeness (QED) is 0.859. The smallest absolute Gasteiger partial charge is 0.0521 e. The normalized spacial score (nSPS) is 26.3. The number of rotatable bonds is 4. The van der Waals surface area contributed by atoms with Gasteiger partial charge in [0.25, 0.3) is 0 Å². The van der Waals surface area contributed by atoms with Gasteiger partial charge < -0.3 is 5.73 Å². The van der Waals surface area contributed by atoms with Crippen molar-refractivity contribution in [2.24, 2.45) is 18.7 Å². The number of nitrogens with zero attached hydrogens (tertiary/aromatic N) is 3. The zero-order valence-electron chi connectivity index (χ0n) is 11.0. The Balaban J connectivity index is 1.98. The Bertz CT molecular complexity index is 347. The molecule has 0 aliphatic carbocycles. The van der Waals surface area contributed by atoms with Gasteiger partial charge in [-0.1, -0.05) is 13.3 Å². The van der Waals surface area contributed by atoms with Crippen LogP contribution < -0.4 is 5.73 Å². The summed E-state index contributed by atoms with van der Waals surface area (Å²) in [6, 6.07) is 2.64. The molecule has 0 amide bonds. The highest BCUT2D eigenvalue weighted by atomic mass is 15.3. The van der Waals surface area contributed by atoms with Crippen LogP contribution in [0.3, 0.4) is 0 Å². The van der Waals surface area contributed by atoms with Crippen molar-refractivity contribution in [1.82, 2.24) is 14.7 Å². The van der Waals surface area contributed by atoms with Gasteiger partial charge in [0.2, 0.25) is 0 Å². The molecule has 1 aliphatic heterocycles. The molecule has 1 aliphatic rings. The van der Waals surface area contributed by atoms with Crippen LogP contribution in [0.25, 0.3) is 0 Å². The average Bonchev–Trinajstić information content (AvgIpc) is 2.75. The highest BCUT2D eigenvalue weighted by Crippen LogP contribution is 2.25. The van der Waals surface area contributed by atoms with Crippen LogP contribution in [0.5, 0.6) is 0 Å². The zero-order chi connectivity index (χ0) is 12.3. The molecule has 0 aromatic carbocycles. The molecule has 0 radical (unpaired) electrons. The van der Waals surface area contributed by atoms with Gasteiger partial charge >= 0.3 is 0 Å². The van der Waals surface area contributed by atoms with Gasteiger partial charge in [0, 0.05) is 32.4 Å². The number of nitrogens with two attached hydrogens (primary N) is 1. The second kappa shape index (κ2) is 5.65. The van der Waals surface area contributed by atoms with Gasteiger partial charge in [0.15, 0.2) is 0 Å². The van der Waals surface area contributed by atoms with Crippen molar-refractivity contribution < 1.29 is 0 Å². The summed E-state index contributed by atoms with van der Waals surface area (Å²) in [5, 5.41) is 4.22. The van der Waals surface area contributed by atoms with Gasteiger partial charge in [-0.15, -0.1) is 0 Å². The lowest BCUT2D eigenvalue weighted by atomic mass is 9.89. The first-order valence-electron chi connectivity index (χ1n) is 6.65. The lowest BCUT2D eigenvalue weighted by molar-refractivity contribution is 0.105. The molecule has 0 bridgehead atoms. The van der Waals surface area contributed by atoms with Crippen molar-refractivity contribution in [3.8, 4) is 0 Å². The van der Waals surface area contributed by atoms with E-state index >= 15 is 0 Å². The maximum atomic E-state index is 5.91. The molecule has 2 heterocycles. The first-order chi connectivity index (χ1) is 8.24. The highest BCUT2D eigenvalue weighted by Gasteiger charge is 2.26. The topological polar surface area (TPSA) is 47.1 Å². The maximum absolute atomic E-state index is 5.91. The Morgan fingerprint density at radius 3 is 2.94 bits per heavy atom. The molecule has 2 N–H and O–H groups in total. The van der Waals surface area contributed by atoms with Gasteiger partial charge in [0.05, 0.1) is 5.69 Å². The second-order valence-corrected chi connectivity index (χ2v) is 5.10. The molecule has 2 unspecified atom stereocenters. The predicted octanol–water partition coefficient (Wildman–Crippen LogP) is 1.37. The Morgan fingerprint density at radius 1 is 1.53 bits per heavy atom.